The third kappa shape index (κ3) is 3.29. The first kappa shape index (κ1) is 19.8. The van der Waals surface area contributed by atoms with Gasteiger partial charge in [-0.25, -0.2) is 4.39 Å². The minimum Gasteiger partial charge on any atom is -0.493 e. The maximum Gasteiger partial charge on any atom is 0.257 e. The van der Waals surface area contributed by atoms with Crippen molar-refractivity contribution in [1.29, 1.82) is 5.26 Å². The van der Waals surface area contributed by atoms with Crippen LogP contribution in [0.25, 0.3) is 0 Å². The summed E-state index contributed by atoms with van der Waals surface area (Å²) in [5, 5.41) is 9.20. The molecule has 3 aliphatic carbocycles. The SMILES string of the molecule is CC1CC2CCC2(COc2cc(F)c(C(=O)N3CC(C#N)CC3C)cc2C2CC2)C1. The van der Waals surface area contributed by atoms with Crippen LogP contribution < -0.4 is 4.74 Å². The molecule has 0 radical (unpaired) electrons. The summed E-state index contributed by atoms with van der Waals surface area (Å²) in [5.74, 6) is 1.54. The summed E-state index contributed by atoms with van der Waals surface area (Å²) >= 11 is 0. The van der Waals surface area contributed by atoms with Gasteiger partial charge in [-0.3, -0.25) is 4.79 Å². The number of carbonyl (C=O) groups excluding carboxylic acids is 1. The molecule has 4 nitrogen and oxygen atoms in total. The van der Waals surface area contributed by atoms with Gasteiger partial charge in [-0.15, -0.1) is 0 Å². The first-order valence-corrected chi connectivity index (χ1v) is 11.6. The van der Waals surface area contributed by atoms with Crippen molar-refractivity contribution in [3.05, 3.63) is 29.1 Å². The van der Waals surface area contributed by atoms with E-state index in [1.165, 1.54) is 31.7 Å². The molecule has 1 heterocycles. The van der Waals surface area contributed by atoms with Crippen LogP contribution >= 0.6 is 0 Å². The molecule has 4 aliphatic rings. The van der Waals surface area contributed by atoms with Crippen molar-refractivity contribution in [3.63, 3.8) is 0 Å². The average Bonchev–Trinajstić information content (AvgIpc) is 3.45. The molecule has 0 aromatic heterocycles. The van der Waals surface area contributed by atoms with Crippen LogP contribution in [0.5, 0.6) is 5.75 Å². The molecule has 5 atom stereocenters. The Morgan fingerprint density at radius 3 is 2.70 bits per heavy atom. The van der Waals surface area contributed by atoms with Gasteiger partial charge in [0.05, 0.1) is 24.2 Å². The molecule has 5 rings (SSSR count). The second-order valence-electron chi connectivity index (χ2n) is 10.4. The van der Waals surface area contributed by atoms with Crippen molar-refractivity contribution >= 4 is 5.91 Å². The molecule has 3 saturated carbocycles. The van der Waals surface area contributed by atoms with E-state index in [4.69, 9.17) is 4.74 Å². The minimum atomic E-state index is -0.505. The van der Waals surface area contributed by atoms with Gasteiger partial charge in [0.1, 0.15) is 11.6 Å². The van der Waals surface area contributed by atoms with Crippen LogP contribution in [0.2, 0.25) is 0 Å². The molecule has 0 bridgehead atoms. The number of carbonyl (C=O) groups is 1. The highest BCUT2D eigenvalue weighted by atomic mass is 19.1. The number of benzene rings is 1. The van der Waals surface area contributed by atoms with Gasteiger partial charge in [-0.05, 0) is 81.3 Å². The summed E-state index contributed by atoms with van der Waals surface area (Å²) in [7, 11) is 0. The van der Waals surface area contributed by atoms with Crippen molar-refractivity contribution in [3.8, 4) is 11.8 Å². The molecule has 30 heavy (non-hydrogen) atoms. The second-order valence-corrected chi connectivity index (χ2v) is 10.4. The Hall–Kier alpha value is -2.09. The maximum absolute atomic E-state index is 15.1. The zero-order chi connectivity index (χ0) is 21.0. The van der Waals surface area contributed by atoms with E-state index >= 15 is 4.39 Å². The zero-order valence-electron chi connectivity index (χ0n) is 18.0. The van der Waals surface area contributed by atoms with E-state index in [0.717, 1.165) is 30.2 Å². The van der Waals surface area contributed by atoms with Crippen molar-refractivity contribution in [1.82, 2.24) is 4.90 Å². The highest BCUT2D eigenvalue weighted by molar-refractivity contribution is 5.95. The monoisotopic (exact) mass is 410 g/mol. The molecule has 0 spiro atoms. The van der Waals surface area contributed by atoms with E-state index in [1.54, 1.807) is 11.0 Å². The lowest BCUT2D eigenvalue weighted by molar-refractivity contribution is 0.00900. The van der Waals surface area contributed by atoms with Gasteiger partial charge < -0.3 is 9.64 Å². The van der Waals surface area contributed by atoms with Gasteiger partial charge in [-0.1, -0.05) is 6.92 Å². The van der Waals surface area contributed by atoms with E-state index in [1.807, 2.05) is 6.92 Å². The summed E-state index contributed by atoms with van der Waals surface area (Å²) in [4.78, 5) is 14.7. The quantitative estimate of drug-likeness (QED) is 0.663. The number of likely N-dealkylation sites (tertiary alicyclic amines) is 1. The Morgan fingerprint density at radius 2 is 2.10 bits per heavy atom. The number of hydrogen-bond acceptors (Lipinski definition) is 3. The van der Waals surface area contributed by atoms with Gasteiger partial charge in [-0.2, -0.15) is 5.26 Å². The Labute approximate surface area is 178 Å². The average molecular weight is 411 g/mol. The molecular formula is C25H31FN2O2. The van der Waals surface area contributed by atoms with E-state index in [0.29, 0.717) is 31.2 Å². The lowest BCUT2D eigenvalue weighted by Crippen LogP contribution is -2.41. The zero-order valence-corrected chi connectivity index (χ0v) is 18.0. The molecular weight excluding hydrogens is 379 g/mol. The fourth-order valence-corrected chi connectivity index (χ4v) is 6.26. The van der Waals surface area contributed by atoms with Gasteiger partial charge in [0.25, 0.3) is 5.91 Å². The van der Waals surface area contributed by atoms with Gasteiger partial charge >= 0.3 is 0 Å². The number of nitrogens with zero attached hydrogens (tertiary/aromatic N) is 2. The molecule has 1 saturated heterocycles. The van der Waals surface area contributed by atoms with Gasteiger partial charge in [0.2, 0.25) is 0 Å². The largest absolute Gasteiger partial charge is 0.493 e. The Kier molecular flexibility index (Phi) is 4.80. The summed E-state index contributed by atoms with van der Waals surface area (Å²) in [6, 6.07) is 5.40. The Bertz CT molecular complexity index is 905. The number of fused-ring (bicyclic) bond motifs is 1. The van der Waals surface area contributed by atoms with E-state index in [9.17, 15) is 10.1 Å². The highest BCUT2D eigenvalue weighted by Gasteiger charge is 2.52. The summed E-state index contributed by atoms with van der Waals surface area (Å²) in [6.45, 7) is 5.31. The van der Waals surface area contributed by atoms with Crippen LogP contribution in [0.1, 0.15) is 80.6 Å². The summed E-state index contributed by atoms with van der Waals surface area (Å²) < 4.78 is 21.4. The first-order valence-electron chi connectivity index (χ1n) is 11.6. The first-order chi connectivity index (χ1) is 14.4. The Morgan fingerprint density at radius 1 is 1.30 bits per heavy atom. The van der Waals surface area contributed by atoms with Crippen molar-refractivity contribution < 1.29 is 13.9 Å². The predicted molar refractivity (Wildman–Crippen MR) is 112 cm³/mol. The number of amides is 1. The van der Waals surface area contributed by atoms with Gasteiger partial charge in [0, 0.05) is 24.1 Å². The third-order valence-corrected chi connectivity index (χ3v) is 8.18. The van der Waals surface area contributed by atoms with Crippen molar-refractivity contribution in [2.75, 3.05) is 13.2 Å². The molecule has 5 unspecified atom stereocenters. The van der Waals surface area contributed by atoms with E-state index in [2.05, 4.69) is 13.0 Å². The predicted octanol–water partition coefficient (Wildman–Crippen LogP) is 5.28. The maximum atomic E-state index is 15.1. The number of ether oxygens (including phenoxy) is 1. The molecule has 0 N–H and O–H groups in total. The van der Waals surface area contributed by atoms with E-state index in [-0.39, 0.29) is 28.8 Å². The smallest absolute Gasteiger partial charge is 0.257 e. The fourth-order valence-electron chi connectivity index (χ4n) is 6.26. The number of nitriles is 1. The van der Waals surface area contributed by atoms with Crippen LogP contribution in [-0.2, 0) is 0 Å². The van der Waals surface area contributed by atoms with E-state index < -0.39 is 5.82 Å². The lowest BCUT2D eigenvalue weighted by Gasteiger charge is -2.45. The van der Waals surface area contributed by atoms with Crippen LogP contribution in [0.4, 0.5) is 4.39 Å². The number of hydrogen-bond donors (Lipinski definition) is 0. The lowest BCUT2D eigenvalue weighted by atomic mass is 9.62. The van der Waals surface area contributed by atoms with Gasteiger partial charge in [0.15, 0.2) is 0 Å². The molecule has 1 aromatic rings. The van der Waals surface area contributed by atoms with Crippen molar-refractivity contribution in [2.24, 2.45) is 23.2 Å². The highest BCUT2D eigenvalue weighted by Crippen LogP contribution is 2.59. The summed E-state index contributed by atoms with van der Waals surface area (Å²) in [6.07, 6.45) is 7.80. The van der Waals surface area contributed by atoms with Crippen LogP contribution in [-0.4, -0.2) is 30.0 Å². The number of rotatable bonds is 5. The molecule has 1 aliphatic heterocycles. The Balaban J connectivity index is 1.37. The minimum absolute atomic E-state index is 0.0409. The second kappa shape index (κ2) is 7.25. The fraction of sp³-hybridized carbons (Fsp3) is 0.680. The molecule has 1 aromatic carbocycles. The number of halogens is 1. The normalized spacial score (nSPS) is 34.9. The standard InChI is InChI=1S/C25H31FN2O2/c1-15-7-19-5-6-25(19,11-15)14-30-23-10-22(26)21(9-20(23)18-3-4-18)24(29)28-13-17(12-27)8-16(28)2/h9-10,15-19H,3-8,11,13-14H2,1-2H3. The van der Waals surface area contributed by atoms with Crippen molar-refractivity contribution in [2.45, 2.75) is 70.8 Å². The van der Waals surface area contributed by atoms with Crippen LogP contribution in [0, 0.1) is 40.3 Å². The topological polar surface area (TPSA) is 53.3 Å². The van der Waals surface area contributed by atoms with Crippen LogP contribution in [0.15, 0.2) is 12.1 Å². The summed E-state index contributed by atoms with van der Waals surface area (Å²) in [5.41, 5.74) is 1.40. The molecule has 1 amide bonds. The molecule has 5 heteroatoms. The molecule has 160 valence electrons. The molecule has 4 fully saturated rings. The third-order valence-electron chi connectivity index (χ3n) is 8.18. The van der Waals surface area contributed by atoms with Crippen LogP contribution in [0.3, 0.4) is 0 Å².